The highest BCUT2D eigenvalue weighted by atomic mass is 16.2. The SMILES string of the molecule is O=C1c2cccc3cccc(c23)N1C[NH+]1CCN(c2cc[nH+]cc2)CC1. The standard InChI is InChI=1S/C21H20N4O/c26-21-18-5-1-3-16-4-2-6-19(20(16)18)25(21)15-23-11-13-24(14-12-23)17-7-9-22-10-8-17/h1-10H,11-15H2/p+2. The van der Waals surface area contributed by atoms with Crippen molar-refractivity contribution in [3.63, 3.8) is 0 Å². The molecule has 1 fully saturated rings. The first-order valence-corrected chi connectivity index (χ1v) is 9.19. The van der Waals surface area contributed by atoms with E-state index in [1.165, 1.54) is 10.6 Å². The number of hydrogen-bond donors (Lipinski definition) is 1. The molecule has 2 aromatic carbocycles. The van der Waals surface area contributed by atoms with Gasteiger partial charge in [0.05, 0.1) is 37.4 Å². The van der Waals surface area contributed by atoms with Crippen molar-refractivity contribution in [3.05, 3.63) is 66.5 Å². The lowest BCUT2D eigenvalue weighted by atomic mass is 10.1. The van der Waals surface area contributed by atoms with Crippen LogP contribution < -0.4 is 19.7 Å². The van der Waals surface area contributed by atoms with Crippen LogP contribution in [0.4, 0.5) is 11.4 Å². The van der Waals surface area contributed by atoms with E-state index in [2.05, 4.69) is 40.2 Å². The maximum absolute atomic E-state index is 12.9. The predicted octanol–water partition coefficient (Wildman–Crippen LogP) is 0.977. The zero-order valence-corrected chi connectivity index (χ0v) is 14.6. The van der Waals surface area contributed by atoms with Crippen LogP contribution in [0.25, 0.3) is 10.8 Å². The van der Waals surface area contributed by atoms with E-state index in [-0.39, 0.29) is 5.91 Å². The molecule has 1 amide bonds. The molecule has 0 saturated carbocycles. The molecular weight excluding hydrogens is 324 g/mol. The number of anilines is 2. The van der Waals surface area contributed by atoms with Gasteiger partial charge in [0.1, 0.15) is 0 Å². The molecule has 1 aromatic heterocycles. The normalized spacial score (nSPS) is 17.3. The maximum atomic E-state index is 12.9. The molecule has 0 bridgehead atoms. The lowest BCUT2D eigenvalue weighted by molar-refractivity contribution is -0.899. The lowest BCUT2D eigenvalue weighted by Gasteiger charge is -2.35. The highest BCUT2D eigenvalue weighted by molar-refractivity contribution is 6.24. The van der Waals surface area contributed by atoms with Crippen molar-refractivity contribution in [2.75, 3.05) is 42.6 Å². The Bertz CT molecular complexity index is 959. The van der Waals surface area contributed by atoms with E-state index in [4.69, 9.17) is 0 Å². The highest BCUT2D eigenvalue weighted by Gasteiger charge is 2.33. The number of quaternary nitrogens is 1. The topological polar surface area (TPSA) is 42.1 Å². The first kappa shape index (κ1) is 15.3. The van der Waals surface area contributed by atoms with Crippen LogP contribution in [0.1, 0.15) is 10.4 Å². The van der Waals surface area contributed by atoms with Gasteiger partial charge >= 0.3 is 0 Å². The highest BCUT2D eigenvalue weighted by Crippen LogP contribution is 2.36. The Morgan fingerprint density at radius 3 is 2.46 bits per heavy atom. The molecular formula is C21H22N4O+2. The van der Waals surface area contributed by atoms with Crippen LogP contribution in [0.2, 0.25) is 0 Å². The van der Waals surface area contributed by atoms with Gasteiger partial charge in [0.25, 0.3) is 5.91 Å². The van der Waals surface area contributed by atoms with Crippen molar-refractivity contribution in [1.29, 1.82) is 0 Å². The molecule has 0 radical (unpaired) electrons. The summed E-state index contributed by atoms with van der Waals surface area (Å²) in [4.78, 5) is 21.9. The van der Waals surface area contributed by atoms with E-state index in [0.29, 0.717) is 0 Å². The smallest absolute Gasteiger partial charge is 0.263 e. The van der Waals surface area contributed by atoms with Crippen molar-refractivity contribution < 1.29 is 14.7 Å². The fraction of sp³-hybridized carbons (Fsp3) is 0.238. The van der Waals surface area contributed by atoms with Crippen molar-refractivity contribution in [1.82, 2.24) is 0 Å². The number of H-pyrrole nitrogens is 1. The Morgan fingerprint density at radius 1 is 0.962 bits per heavy atom. The number of aromatic amines is 1. The molecule has 3 heterocycles. The largest absolute Gasteiger partial charge is 0.360 e. The lowest BCUT2D eigenvalue weighted by Crippen LogP contribution is -3.16. The van der Waals surface area contributed by atoms with Gasteiger partial charge in [-0.2, -0.15) is 0 Å². The van der Waals surface area contributed by atoms with Gasteiger partial charge in [-0.3, -0.25) is 9.69 Å². The molecule has 2 aliphatic heterocycles. The van der Waals surface area contributed by atoms with Crippen LogP contribution in [-0.4, -0.2) is 38.8 Å². The summed E-state index contributed by atoms with van der Waals surface area (Å²) in [6.45, 7) is 4.84. The summed E-state index contributed by atoms with van der Waals surface area (Å²) in [6.07, 6.45) is 3.94. The Hall–Kier alpha value is -2.92. The fourth-order valence-corrected chi connectivity index (χ4v) is 4.19. The molecule has 5 nitrogen and oxygen atoms in total. The number of nitrogens with zero attached hydrogens (tertiary/aromatic N) is 2. The minimum absolute atomic E-state index is 0.144. The van der Waals surface area contributed by atoms with Crippen LogP contribution >= 0.6 is 0 Å². The van der Waals surface area contributed by atoms with Crippen LogP contribution in [0.15, 0.2) is 60.9 Å². The Labute approximate surface area is 152 Å². The molecule has 3 aromatic rings. The summed E-state index contributed by atoms with van der Waals surface area (Å²) in [5, 5.41) is 2.26. The van der Waals surface area contributed by atoms with Crippen LogP contribution in [-0.2, 0) is 0 Å². The second-order valence-corrected chi connectivity index (χ2v) is 7.07. The van der Waals surface area contributed by atoms with Gasteiger partial charge in [-0.25, -0.2) is 4.98 Å². The predicted molar refractivity (Wildman–Crippen MR) is 102 cm³/mol. The van der Waals surface area contributed by atoms with Crippen molar-refractivity contribution in [2.24, 2.45) is 0 Å². The third kappa shape index (κ3) is 2.44. The summed E-state index contributed by atoms with van der Waals surface area (Å²) < 4.78 is 0. The van der Waals surface area contributed by atoms with Gasteiger partial charge in [-0.05, 0) is 17.5 Å². The minimum atomic E-state index is 0.144. The Balaban J connectivity index is 1.33. The molecule has 2 N–H and O–H groups in total. The number of benzene rings is 2. The van der Waals surface area contributed by atoms with Crippen LogP contribution in [0.3, 0.4) is 0 Å². The van der Waals surface area contributed by atoms with Gasteiger partial charge in [-0.1, -0.05) is 24.3 Å². The second-order valence-electron chi connectivity index (χ2n) is 7.07. The molecule has 0 spiro atoms. The van der Waals surface area contributed by atoms with E-state index < -0.39 is 0 Å². The van der Waals surface area contributed by atoms with E-state index in [1.807, 2.05) is 35.5 Å². The first-order valence-electron chi connectivity index (χ1n) is 9.19. The number of aromatic nitrogens is 1. The number of hydrogen-bond acceptors (Lipinski definition) is 2. The molecule has 130 valence electrons. The van der Waals surface area contributed by atoms with Crippen LogP contribution in [0, 0.1) is 0 Å². The summed E-state index contributed by atoms with van der Waals surface area (Å²) in [7, 11) is 0. The number of piperazine rings is 1. The van der Waals surface area contributed by atoms with Crippen molar-refractivity contribution in [3.8, 4) is 0 Å². The molecule has 1 saturated heterocycles. The van der Waals surface area contributed by atoms with E-state index >= 15 is 0 Å². The van der Waals surface area contributed by atoms with Gasteiger partial charge in [0.2, 0.25) is 0 Å². The molecule has 0 atom stereocenters. The van der Waals surface area contributed by atoms with Gasteiger partial charge < -0.3 is 9.80 Å². The number of carbonyl (C=O) groups is 1. The summed E-state index contributed by atoms with van der Waals surface area (Å²) in [5.74, 6) is 0.144. The first-order chi connectivity index (χ1) is 12.8. The fourth-order valence-electron chi connectivity index (χ4n) is 4.19. The monoisotopic (exact) mass is 346 g/mol. The number of carbonyl (C=O) groups excluding carboxylic acids is 1. The molecule has 0 unspecified atom stereocenters. The van der Waals surface area contributed by atoms with E-state index in [0.717, 1.165) is 54.9 Å². The minimum Gasteiger partial charge on any atom is -0.360 e. The third-order valence-electron chi connectivity index (χ3n) is 5.57. The average molecular weight is 346 g/mol. The summed E-state index contributed by atoms with van der Waals surface area (Å²) >= 11 is 0. The zero-order valence-electron chi connectivity index (χ0n) is 14.6. The van der Waals surface area contributed by atoms with Gasteiger partial charge in [-0.15, -0.1) is 0 Å². The summed E-state index contributed by atoms with van der Waals surface area (Å²) in [5.41, 5.74) is 3.17. The summed E-state index contributed by atoms with van der Waals surface area (Å²) in [6, 6.07) is 16.5. The molecule has 5 heteroatoms. The second kappa shape index (κ2) is 6.11. The van der Waals surface area contributed by atoms with Gasteiger partial charge in [0, 0.05) is 23.2 Å². The van der Waals surface area contributed by atoms with Crippen molar-refractivity contribution >= 4 is 28.1 Å². The van der Waals surface area contributed by atoms with E-state index in [9.17, 15) is 4.79 Å². The third-order valence-corrected chi connectivity index (χ3v) is 5.57. The molecule has 5 rings (SSSR count). The molecule has 0 aliphatic carbocycles. The average Bonchev–Trinajstić information content (AvgIpc) is 2.97. The number of nitrogens with one attached hydrogen (secondary N) is 2. The Morgan fingerprint density at radius 2 is 1.69 bits per heavy atom. The number of pyridine rings is 1. The number of amides is 1. The quantitative estimate of drug-likeness (QED) is 0.768. The van der Waals surface area contributed by atoms with E-state index in [1.54, 1.807) is 0 Å². The number of rotatable bonds is 3. The van der Waals surface area contributed by atoms with Gasteiger partial charge in [0.15, 0.2) is 19.1 Å². The van der Waals surface area contributed by atoms with Crippen LogP contribution in [0.5, 0.6) is 0 Å². The van der Waals surface area contributed by atoms with Crippen molar-refractivity contribution in [2.45, 2.75) is 0 Å². The molecule has 2 aliphatic rings. The Kier molecular flexibility index (Phi) is 3.60. The molecule has 26 heavy (non-hydrogen) atoms. The maximum Gasteiger partial charge on any atom is 0.263 e. The zero-order chi connectivity index (χ0) is 17.5.